The summed E-state index contributed by atoms with van der Waals surface area (Å²) < 4.78 is 56.0. The molecule has 0 aromatic carbocycles. The standard InChI is InChI=1S/C81H155N2O17P/c1-7-13-19-25-31-36-40-45-51-57-68(94-61-55-49-43-34-28-22-16-10-4)63-73(85)82-71(80(89)90)67-96-81-77(83-74(86)64-69(58-52-46-41-37-32-26-20-14-8-2)95-62-56-50-44-35-29-23-17-11-5)79(78(72(66-84)98-81)100-101(91,92)93)99-76(88)65-70(59-53-47-42-38-33-27-21-15-9-3)97-75(87)60-54-48-39-30-24-18-12-6/h68-72,77-79,81,84H,7-67H2,1-6H3,(H,82,85)(H,83,86)(H,89,90)(H2,91,92,93)/t68-,69-,70-,71-,72-,77-,78-,79-,81-/m1/s1. The fraction of sp³-hybridized carbons (Fsp3) is 0.938. The number of hydrogen-bond acceptors (Lipinski definition) is 14. The predicted molar refractivity (Wildman–Crippen MR) is 407 cm³/mol. The minimum absolute atomic E-state index is 0.0989. The Bertz CT molecular complexity index is 1960. The SMILES string of the molecule is CCCCCCCCCCC[C@H](CC(=O)N[C@H]1[C@H](OC[C@@H](NC(=O)C[C@@H](CCCCCCCCCCC)OCCCCCCCCCC)C(=O)O)O[C@H](CO)[C@@H](OP(=O)(O)O)[C@@H]1OC(=O)C[C@@H](CCCCCCCCCCC)OC(=O)CCCCCCCCC)OCCCCCCCCCC. The molecule has 9 atom stereocenters. The summed E-state index contributed by atoms with van der Waals surface area (Å²) in [5.41, 5.74) is 0. The summed E-state index contributed by atoms with van der Waals surface area (Å²) in [5.74, 6) is -4.04. The fourth-order valence-corrected chi connectivity index (χ4v) is 14.2. The first-order valence-corrected chi connectivity index (χ1v) is 43.6. The van der Waals surface area contributed by atoms with Gasteiger partial charge in [-0.1, -0.05) is 337 Å². The number of aliphatic hydroxyl groups excluding tert-OH is 1. The number of rotatable bonds is 75. The average Bonchev–Trinajstić information content (AvgIpc) is 0.781. The monoisotopic (exact) mass is 1460 g/mol. The number of phosphoric ester groups is 1. The third-order valence-corrected chi connectivity index (χ3v) is 20.4. The van der Waals surface area contributed by atoms with Gasteiger partial charge in [0.05, 0.1) is 44.7 Å². The quantitative estimate of drug-likeness (QED) is 0.0188. The van der Waals surface area contributed by atoms with Crippen molar-refractivity contribution in [1.82, 2.24) is 10.6 Å². The van der Waals surface area contributed by atoms with Crippen LogP contribution in [0.4, 0.5) is 0 Å². The molecular weight excluding hydrogens is 1300 g/mol. The van der Waals surface area contributed by atoms with E-state index in [0.29, 0.717) is 45.3 Å². The van der Waals surface area contributed by atoms with Crippen LogP contribution in [0, 0.1) is 0 Å². The first-order chi connectivity index (χ1) is 49.0. The minimum atomic E-state index is -5.49. The molecule has 1 rings (SSSR count). The van der Waals surface area contributed by atoms with E-state index in [4.69, 9.17) is 32.9 Å². The van der Waals surface area contributed by atoms with E-state index >= 15 is 0 Å². The number of esters is 2. The zero-order valence-electron chi connectivity index (χ0n) is 65.4. The van der Waals surface area contributed by atoms with Crippen molar-refractivity contribution in [2.45, 2.75) is 463 Å². The van der Waals surface area contributed by atoms with E-state index in [1.807, 2.05) is 0 Å². The van der Waals surface area contributed by atoms with Crippen LogP contribution < -0.4 is 10.6 Å². The Morgan fingerprint density at radius 1 is 0.426 bits per heavy atom. The van der Waals surface area contributed by atoms with Crippen molar-refractivity contribution in [2.75, 3.05) is 26.4 Å². The van der Waals surface area contributed by atoms with Gasteiger partial charge in [0.1, 0.15) is 24.4 Å². The number of aliphatic carboxylic acids is 1. The van der Waals surface area contributed by atoms with Gasteiger partial charge in [0.2, 0.25) is 11.8 Å². The molecule has 0 saturated carbocycles. The molecule has 0 radical (unpaired) electrons. The zero-order chi connectivity index (χ0) is 74.1. The fourth-order valence-electron chi connectivity index (χ4n) is 13.6. The van der Waals surface area contributed by atoms with Crippen molar-refractivity contribution in [2.24, 2.45) is 0 Å². The smallest absolute Gasteiger partial charge is 0.470 e. The van der Waals surface area contributed by atoms with E-state index in [0.717, 1.165) is 167 Å². The molecule has 0 aromatic rings. The molecule has 1 aliphatic heterocycles. The summed E-state index contributed by atoms with van der Waals surface area (Å²) in [5, 5.41) is 27.2. The molecule has 0 aromatic heterocycles. The summed E-state index contributed by atoms with van der Waals surface area (Å²) in [7, 11) is -5.49. The van der Waals surface area contributed by atoms with Crippen LogP contribution in [0.5, 0.6) is 0 Å². The van der Waals surface area contributed by atoms with Gasteiger partial charge in [-0.25, -0.2) is 9.36 Å². The Kier molecular flexibility index (Phi) is 64.7. The Morgan fingerprint density at radius 3 is 1.14 bits per heavy atom. The zero-order valence-corrected chi connectivity index (χ0v) is 66.3. The maximum atomic E-state index is 14.8. The lowest BCUT2D eigenvalue weighted by Crippen LogP contribution is -2.66. The van der Waals surface area contributed by atoms with Gasteiger partial charge in [0.25, 0.3) is 0 Å². The number of carboxylic acid groups (broad SMARTS) is 1. The molecular formula is C81H155N2O17P. The van der Waals surface area contributed by atoms with E-state index < -0.39 is 112 Å². The van der Waals surface area contributed by atoms with Gasteiger partial charge in [0, 0.05) is 19.6 Å². The first kappa shape index (κ1) is 96.3. The number of unbranched alkanes of at least 4 members (excludes halogenated alkanes) is 44. The van der Waals surface area contributed by atoms with Gasteiger partial charge in [-0.15, -0.1) is 0 Å². The summed E-state index contributed by atoms with van der Waals surface area (Å²) >= 11 is 0. The molecule has 0 unspecified atom stereocenters. The number of aliphatic hydroxyl groups is 1. The highest BCUT2D eigenvalue weighted by Crippen LogP contribution is 2.42. The van der Waals surface area contributed by atoms with E-state index in [1.54, 1.807) is 0 Å². The van der Waals surface area contributed by atoms with Crippen molar-refractivity contribution < 1.29 is 81.5 Å². The molecule has 20 heteroatoms. The first-order valence-electron chi connectivity index (χ1n) is 42.1. The summed E-state index contributed by atoms with van der Waals surface area (Å²) in [6, 6.07) is -3.33. The molecule has 1 heterocycles. The molecule has 19 nitrogen and oxygen atoms in total. The van der Waals surface area contributed by atoms with Crippen molar-refractivity contribution in [3.05, 3.63) is 0 Å². The molecule has 1 aliphatic rings. The maximum absolute atomic E-state index is 14.8. The van der Waals surface area contributed by atoms with E-state index in [2.05, 4.69) is 52.2 Å². The van der Waals surface area contributed by atoms with Crippen LogP contribution in [0.2, 0.25) is 0 Å². The van der Waals surface area contributed by atoms with E-state index in [-0.39, 0.29) is 19.3 Å². The number of carboxylic acids is 1. The van der Waals surface area contributed by atoms with Crippen LogP contribution in [-0.2, 0) is 61.5 Å². The third-order valence-electron chi connectivity index (χ3n) is 19.8. The third kappa shape index (κ3) is 56.3. The molecule has 0 spiro atoms. The molecule has 1 fully saturated rings. The van der Waals surface area contributed by atoms with Gasteiger partial charge in [-0.05, 0) is 44.9 Å². The van der Waals surface area contributed by atoms with Gasteiger partial charge in [-0.3, -0.25) is 23.7 Å². The number of carbonyl (C=O) groups excluding carboxylic acids is 4. The number of phosphoric acid groups is 1. The van der Waals surface area contributed by atoms with Crippen LogP contribution in [0.3, 0.4) is 0 Å². The lowest BCUT2D eigenvalue weighted by atomic mass is 9.95. The van der Waals surface area contributed by atoms with Crippen molar-refractivity contribution >= 4 is 37.5 Å². The highest BCUT2D eigenvalue weighted by atomic mass is 31.2. The van der Waals surface area contributed by atoms with Crippen LogP contribution >= 0.6 is 7.82 Å². The number of carbonyl (C=O) groups is 5. The van der Waals surface area contributed by atoms with Crippen molar-refractivity contribution in [3.8, 4) is 0 Å². The normalized spacial score (nSPS) is 17.5. The van der Waals surface area contributed by atoms with Crippen molar-refractivity contribution in [3.63, 3.8) is 0 Å². The highest BCUT2D eigenvalue weighted by Gasteiger charge is 2.52. The number of ether oxygens (including phenoxy) is 6. The largest absolute Gasteiger partial charge is 0.480 e. The van der Waals surface area contributed by atoms with Gasteiger partial charge >= 0.3 is 25.7 Å². The molecule has 0 bridgehead atoms. The summed E-state index contributed by atoms with van der Waals surface area (Å²) in [4.78, 5) is 91.3. The van der Waals surface area contributed by atoms with Crippen LogP contribution in [-0.4, -0.2) is 131 Å². The topological polar surface area (TPSA) is 272 Å². The van der Waals surface area contributed by atoms with Crippen molar-refractivity contribution in [1.29, 1.82) is 0 Å². The second-order valence-corrected chi connectivity index (χ2v) is 30.7. The van der Waals surface area contributed by atoms with Gasteiger partial charge < -0.3 is 59.1 Å². The minimum Gasteiger partial charge on any atom is -0.480 e. The Morgan fingerprint density at radius 2 is 0.772 bits per heavy atom. The Hall–Kier alpha value is -2.74. The van der Waals surface area contributed by atoms with E-state index in [9.17, 15) is 48.5 Å². The summed E-state index contributed by atoms with van der Waals surface area (Å²) in [6.45, 7) is 12.4. The number of amides is 2. The lowest BCUT2D eigenvalue weighted by Gasteiger charge is -2.45. The average molecular weight is 1460 g/mol. The van der Waals surface area contributed by atoms with Gasteiger partial charge in [0.15, 0.2) is 18.4 Å². The molecule has 2 amide bonds. The van der Waals surface area contributed by atoms with Crippen LogP contribution in [0.15, 0.2) is 0 Å². The Balaban J connectivity index is 3.77. The molecule has 101 heavy (non-hydrogen) atoms. The second kappa shape index (κ2) is 67.8. The number of nitrogens with one attached hydrogen (secondary N) is 2. The van der Waals surface area contributed by atoms with E-state index in [1.165, 1.54) is 141 Å². The lowest BCUT2D eigenvalue weighted by molar-refractivity contribution is -0.272. The number of hydrogen-bond donors (Lipinski definition) is 6. The predicted octanol–water partition coefficient (Wildman–Crippen LogP) is 20.2. The summed E-state index contributed by atoms with van der Waals surface area (Å²) in [6.07, 6.45) is 46.1. The Labute approximate surface area is 615 Å². The van der Waals surface area contributed by atoms with Crippen LogP contribution in [0.1, 0.15) is 408 Å². The molecule has 1 saturated heterocycles. The second-order valence-electron chi connectivity index (χ2n) is 29.5. The highest BCUT2D eigenvalue weighted by molar-refractivity contribution is 7.46. The molecule has 0 aliphatic carbocycles. The maximum Gasteiger partial charge on any atom is 0.470 e. The van der Waals surface area contributed by atoms with Gasteiger partial charge in [-0.2, -0.15) is 0 Å². The van der Waals surface area contributed by atoms with Crippen LogP contribution in [0.25, 0.3) is 0 Å². The molecule has 596 valence electrons. The molecule has 6 N–H and O–H groups in total.